The van der Waals surface area contributed by atoms with Crippen LogP contribution >= 0.6 is 0 Å². The molecule has 0 saturated carbocycles. The Kier molecular flexibility index (Phi) is 6.42. The Balaban J connectivity index is 1.70. The van der Waals surface area contributed by atoms with Crippen molar-refractivity contribution in [3.63, 3.8) is 0 Å². The molecule has 3 rings (SSSR count). The van der Waals surface area contributed by atoms with Gasteiger partial charge in [0.25, 0.3) is 5.91 Å². The third kappa shape index (κ3) is 5.00. The summed E-state index contributed by atoms with van der Waals surface area (Å²) in [6, 6.07) is 19.3. The average Bonchev–Trinajstić information content (AvgIpc) is 2.74. The van der Waals surface area contributed by atoms with Gasteiger partial charge < -0.3 is 10.1 Å². The molecule has 5 heteroatoms. The van der Waals surface area contributed by atoms with Crippen molar-refractivity contribution in [1.29, 1.82) is 0 Å². The van der Waals surface area contributed by atoms with E-state index in [-0.39, 0.29) is 16.9 Å². The van der Waals surface area contributed by atoms with Crippen LogP contribution in [0.5, 0.6) is 0 Å². The summed E-state index contributed by atoms with van der Waals surface area (Å²) < 4.78 is 5.17. The first kappa shape index (κ1) is 21.0. The normalized spacial score (nSPS) is 10.4. The summed E-state index contributed by atoms with van der Waals surface area (Å²) in [5.74, 6) is -1.44. The monoisotopic (exact) mass is 401 g/mol. The number of carbonyl (C=O) groups is 3. The van der Waals surface area contributed by atoms with Gasteiger partial charge >= 0.3 is 5.97 Å². The fraction of sp³-hybridized carbons (Fsp3) is 0.160. The number of esters is 1. The van der Waals surface area contributed by atoms with Crippen LogP contribution < -0.4 is 5.32 Å². The third-order valence-electron chi connectivity index (χ3n) is 4.71. The standard InChI is InChI=1S/C25H23NO4/c1-16-9-12-19(13-10-16)24(28)20-6-4-5-7-21(20)25(29)30-15-23(27)26-22-14-17(2)8-11-18(22)3/h4-14H,15H2,1-3H3,(H,26,27). The predicted octanol–water partition coefficient (Wildman–Crippen LogP) is 4.64. The lowest BCUT2D eigenvalue weighted by molar-refractivity contribution is -0.119. The van der Waals surface area contributed by atoms with E-state index in [2.05, 4.69) is 5.32 Å². The van der Waals surface area contributed by atoms with Crippen LogP contribution in [-0.4, -0.2) is 24.3 Å². The van der Waals surface area contributed by atoms with Crippen molar-refractivity contribution in [1.82, 2.24) is 0 Å². The molecule has 152 valence electrons. The Hall–Kier alpha value is -3.73. The number of nitrogens with one attached hydrogen (secondary N) is 1. The Bertz CT molecular complexity index is 1100. The van der Waals surface area contributed by atoms with Crippen LogP contribution in [0.1, 0.15) is 43.0 Å². The van der Waals surface area contributed by atoms with Crippen molar-refractivity contribution in [3.8, 4) is 0 Å². The number of hydrogen-bond donors (Lipinski definition) is 1. The number of amides is 1. The van der Waals surface area contributed by atoms with Crippen molar-refractivity contribution in [2.75, 3.05) is 11.9 Å². The van der Waals surface area contributed by atoms with E-state index in [0.29, 0.717) is 11.3 Å². The molecule has 0 aromatic heterocycles. The van der Waals surface area contributed by atoms with Crippen molar-refractivity contribution in [2.45, 2.75) is 20.8 Å². The predicted molar refractivity (Wildman–Crippen MR) is 116 cm³/mol. The van der Waals surface area contributed by atoms with E-state index in [1.165, 1.54) is 6.07 Å². The molecule has 0 aliphatic carbocycles. The van der Waals surface area contributed by atoms with Crippen LogP contribution in [0.15, 0.2) is 66.7 Å². The summed E-state index contributed by atoms with van der Waals surface area (Å²) in [5.41, 5.74) is 4.48. The van der Waals surface area contributed by atoms with Gasteiger partial charge in [-0.3, -0.25) is 9.59 Å². The Morgan fingerprint density at radius 1 is 0.800 bits per heavy atom. The van der Waals surface area contributed by atoms with Gasteiger partial charge in [-0.1, -0.05) is 60.2 Å². The molecule has 0 aliphatic heterocycles. The number of ether oxygens (including phenoxy) is 1. The third-order valence-corrected chi connectivity index (χ3v) is 4.71. The van der Waals surface area contributed by atoms with E-state index in [1.54, 1.807) is 30.3 Å². The molecule has 0 fully saturated rings. The lowest BCUT2D eigenvalue weighted by Gasteiger charge is -2.11. The maximum Gasteiger partial charge on any atom is 0.339 e. The lowest BCUT2D eigenvalue weighted by Crippen LogP contribution is -2.22. The van der Waals surface area contributed by atoms with E-state index in [9.17, 15) is 14.4 Å². The molecule has 0 spiro atoms. The van der Waals surface area contributed by atoms with Crippen LogP contribution in [0.4, 0.5) is 5.69 Å². The number of hydrogen-bond acceptors (Lipinski definition) is 4. The van der Waals surface area contributed by atoms with Crippen molar-refractivity contribution in [2.24, 2.45) is 0 Å². The lowest BCUT2D eigenvalue weighted by atomic mass is 9.98. The molecule has 5 nitrogen and oxygen atoms in total. The highest BCUT2D eigenvalue weighted by molar-refractivity contribution is 6.14. The number of anilines is 1. The fourth-order valence-electron chi connectivity index (χ4n) is 2.99. The molecular formula is C25H23NO4. The molecule has 0 bridgehead atoms. The highest BCUT2D eigenvalue weighted by Crippen LogP contribution is 2.18. The van der Waals surface area contributed by atoms with Gasteiger partial charge in [0.2, 0.25) is 0 Å². The smallest absolute Gasteiger partial charge is 0.339 e. The summed E-state index contributed by atoms with van der Waals surface area (Å²) >= 11 is 0. The van der Waals surface area contributed by atoms with E-state index in [1.807, 2.05) is 51.1 Å². The zero-order chi connectivity index (χ0) is 21.7. The number of ketones is 1. The largest absolute Gasteiger partial charge is 0.452 e. The van der Waals surface area contributed by atoms with E-state index >= 15 is 0 Å². The van der Waals surface area contributed by atoms with Gasteiger partial charge in [0.15, 0.2) is 12.4 Å². The zero-order valence-electron chi connectivity index (χ0n) is 17.2. The first-order chi connectivity index (χ1) is 14.3. The topological polar surface area (TPSA) is 72.5 Å². The Labute approximate surface area is 175 Å². The molecule has 0 unspecified atom stereocenters. The van der Waals surface area contributed by atoms with Gasteiger partial charge in [0.05, 0.1) is 5.56 Å². The van der Waals surface area contributed by atoms with E-state index in [4.69, 9.17) is 4.74 Å². The van der Waals surface area contributed by atoms with Gasteiger partial charge in [-0.05, 0) is 44.0 Å². The maximum atomic E-state index is 12.8. The summed E-state index contributed by atoms with van der Waals surface area (Å²) in [7, 11) is 0. The van der Waals surface area contributed by atoms with Crippen LogP contribution in [0, 0.1) is 20.8 Å². The molecule has 3 aromatic carbocycles. The Morgan fingerprint density at radius 3 is 2.13 bits per heavy atom. The van der Waals surface area contributed by atoms with E-state index < -0.39 is 18.5 Å². The minimum Gasteiger partial charge on any atom is -0.452 e. The number of carbonyl (C=O) groups excluding carboxylic acids is 3. The van der Waals surface area contributed by atoms with Crippen LogP contribution in [-0.2, 0) is 9.53 Å². The van der Waals surface area contributed by atoms with Crippen LogP contribution in [0.2, 0.25) is 0 Å². The second-order valence-corrected chi connectivity index (χ2v) is 7.18. The second kappa shape index (κ2) is 9.18. The number of rotatable bonds is 6. The van der Waals surface area contributed by atoms with Gasteiger partial charge in [-0.2, -0.15) is 0 Å². The highest BCUT2D eigenvalue weighted by Gasteiger charge is 2.20. The van der Waals surface area contributed by atoms with Gasteiger partial charge in [0.1, 0.15) is 0 Å². The van der Waals surface area contributed by atoms with Gasteiger partial charge in [0, 0.05) is 16.8 Å². The zero-order valence-corrected chi connectivity index (χ0v) is 17.2. The quantitative estimate of drug-likeness (QED) is 0.482. The minimum absolute atomic E-state index is 0.127. The molecule has 30 heavy (non-hydrogen) atoms. The SMILES string of the molecule is Cc1ccc(C(=O)c2ccccc2C(=O)OCC(=O)Nc2cc(C)ccc2C)cc1. The fourth-order valence-corrected chi connectivity index (χ4v) is 2.99. The summed E-state index contributed by atoms with van der Waals surface area (Å²) in [6.07, 6.45) is 0. The molecule has 0 atom stereocenters. The molecule has 0 saturated heterocycles. The second-order valence-electron chi connectivity index (χ2n) is 7.18. The summed E-state index contributed by atoms with van der Waals surface area (Å²) in [6.45, 7) is 5.30. The number of aryl methyl sites for hydroxylation is 3. The first-order valence-electron chi connectivity index (χ1n) is 9.60. The molecule has 0 heterocycles. The molecular weight excluding hydrogens is 378 g/mol. The van der Waals surface area contributed by atoms with Crippen LogP contribution in [0.25, 0.3) is 0 Å². The minimum atomic E-state index is -0.720. The Morgan fingerprint density at radius 2 is 1.43 bits per heavy atom. The molecule has 3 aromatic rings. The van der Waals surface area contributed by atoms with E-state index in [0.717, 1.165) is 16.7 Å². The van der Waals surface area contributed by atoms with Gasteiger partial charge in [-0.15, -0.1) is 0 Å². The van der Waals surface area contributed by atoms with Crippen molar-refractivity contribution >= 4 is 23.3 Å². The maximum absolute atomic E-state index is 12.8. The van der Waals surface area contributed by atoms with Crippen LogP contribution in [0.3, 0.4) is 0 Å². The summed E-state index contributed by atoms with van der Waals surface area (Å²) in [4.78, 5) is 37.7. The van der Waals surface area contributed by atoms with Crippen molar-refractivity contribution in [3.05, 3.63) is 100 Å². The molecule has 1 amide bonds. The highest BCUT2D eigenvalue weighted by atomic mass is 16.5. The molecule has 0 radical (unpaired) electrons. The van der Waals surface area contributed by atoms with Gasteiger partial charge in [-0.25, -0.2) is 4.79 Å². The summed E-state index contributed by atoms with van der Waals surface area (Å²) in [5, 5.41) is 2.74. The molecule has 1 N–H and O–H groups in total. The molecule has 0 aliphatic rings. The van der Waals surface area contributed by atoms with Crippen molar-refractivity contribution < 1.29 is 19.1 Å². The first-order valence-corrected chi connectivity index (χ1v) is 9.60. The number of benzene rings is 3. The average molecular weight is 401 g/mol.